The second kappa shape index (κ2) is 10.6. The fourth-order valence-corrected chi connectivity index (χ4v) is 4.17. The summed E-state index contributed by atoms with van der Waals surface area (Å²) in [6, 6.07) is 6.92. The van der Waals surface area contributed by atoms with E-state index in [0.717, 1.165) is 12.1 Å². The van der Waals surface area contributed by atoms with Gasteiger partial charge < -0.3 is 15.0 Å². The van der Waals surface area contributed by atoms with Crippen LogP contribution in [0.4, 0.5) is 22.0 Å². The number of rotatable bonds is 7. The SMILES string of the molecule is Cc1cc(=O)[nH]c(-c2c(C(F)(F)F)ccc(CNC(=O)[C@H]3C[C@H](OCc4ccc(Cl)cc4F)C3)c2F)n1. The molecule has 196 valence electrons. The Morgan fingerprint density at radius 3 is 2.51 bits per heavy atom. The lowest BCUT2D eigenvalue weighted by Crippen LogP contribution is -2.42. The molecule has 1 amide bonds. The molecule has 0 bridgehead atoms. The summed E-state index contributed by atoms with van der Waals surface area (Å²) in [5, 5.41) is 2.79. The van der Waals surface area contributed by atoms with Crippen molar-refractivity contribution in [2.75, 3.05) is 0 Å². The molecule has 1 heterocycles. The van der Waals surface area contributed by atoms with E-state index >= 15 is 4.39 Å². The van der Waals surface area contributed by atoms with Crippen LogP contribution in [0.1, 0.15) is 35.2 Å². The first-order valence-corrected chi connectivity index (χ1v) is 11.6. The number of carbonyl (C=O) groups excluding carboxylic acids is 1. The Morgan fingerprint density at radius 1 is 1.16 bits per heavy atom. The van der Waals surface area contributed by atoms with E-state index in [1.54, 1.807) is 6.07 Å². The third kappa shape index (κ3) is 6.16. The van der Waals surface area contributed by atoms with Crippen LogP contribution in [0.5, 0.6) is 0 Å². The van der Waals surface area contributed by atoms with Gasteiger partial charge in [-0.3, -0.25) is 9.59 Å². The highest BCUT2D eigenvalue weighted by Crippen LogP contribution is 2.38. The van der Waals surface area contributed by atoms with Crippen LogP contribution in [-0.2, 0) is 28.9 Å². The predicted octanol–water partition coefficient (Wildman–Crippen LogP) is 5.31. The second-order valence-corrected chi connectivity index (χ2v) is 9.19. The topological polar surface area (TPSA) is 84.1 Å². The van der Waals surface area contributed by atoms with Crippen molar-refractivity contribution in [2.45, 2.75) is 45.2 Å². The Bertz CT molecular complexity index is 1390. The average Bonchev–Trinajstić information content (AvgIpc) is 2.76. The maximum absolute atomic E-state index is 15.3. The smallest absolute Gasteiger partial charge is 0.373 e. The molecule has 0 saturated heterocycles. The zero-order valence-electron chi connectivity index (χ0n) is 19.4. The van der Waals surface area contributed by atoms with Crippen molar-refractivity contribution in [1.82, 2.24) is 15.3 Å². The first-order valence-electron chi connectivity index (χ1n) is 11.2. The number of alkyl halides is 3. The molecule has 1 saturated carbocycles. The number of carbonyl (C=O) groups is 1. The lowest BCUT2D eigenvalue weighted by atomic mass is 9.81. The van der Waals surface area contributed by atoms with Crippen molar-refractivity contribution in [3.8, 4) is 11.4 Å². The normalized spacial score (nSPS) is 17.4. The zero-order valence-corrected chi connectivity index (χ0v) is 20.1. The van der Waals surface area contributed by atoms with Gasteiger partial charge in [-0.05, 0) is 38.0 Å². The van der Waals surface area contributed by atoms with Crippen molar-refractivity contribution in [3.63, 3.8) is 0 Å². The van der Waals surface area contributed by atoms with Crippen LogP contribution in [0.2, 0.25) is 5.02 Å². The third-order valence-electron chi connectivity index (χ3n) is 6.04. The highest BCUT2D eigenvalue weighted by atomic mass is 35.5. The van der Waals surface area contributed by atoms with Crippen molar-refractivity contribution in [3.05, 3.63) is 85.8 Å². The Hall–Kier alpha value is -3.31. The van der Waals surface area contributed by atoms with E-state index in [0.29, 0.717) is 24.5 Å². The van der Waals surface area contributed by atoms with Gasteiger partial charge in [0.05, 0.1) is 23.8 Å². The minimum Gasteiger partial charge on any atom is -0.373 e. The van der Waals surface area contributed by atoms with E-state index in [1.165, 1.54) is 19.1 Å². The summed E-state index contributed by atoms with van der Waals surface area (Å²) in [5.74, 6) is -3.15. The fraction of sp³-hybridized carbons (Fsp3) is 0.320. The lowest BCUT2D eigenvalue weighted by Gasteiger charge is -2.34. The number of aromatic amines is 1. The lowest BCUT2D eigenvalue weighted by molar-refractivity contribution is -0.137. The number of benzene rings is 2. The van der Waals surface area contributed by atoms with Crippen molar-refractivity contribution >= 4 is 17.5 Å². The Morgan fingerprint density at radius 2 is 1.86 bits per heavy atom. The molecule has 1 aliphatic carbocycles. The molecule has 3 aromatic rings. The van der Waals surface area contributed by atoms with Gasteiger partial charge in [0.25, 0.3) is 5.56 Å². The number of nitrogens with one attached hydrogen (secondary N) is 2. The van der Waals surface area contributed by atoms with Gasteiger partial charge in [0.15, 0.2) is 0 Å². The van der Waals surface area contributed by atoms with E-state index in [4.69, 9.17) is 16.3 Å². The summed E-state index contributed by atoms with van der Waals surface area (Å²) >= 11 is 5.72. The van der Waals surface area contributed by atoms with Crippen molar-refractivity contribution in [1.29, 1.82) is 0 Å². The number of halogens is 6. The molecular formula is C25H21ClF5N3O3. The summed E-state index contributed by atoms with van der Waals surface area (Å²) in [6.45, 7) is 1.04. The van der Waals surface area contributed by atoms with E-state index in [9.17, 15) is 27.2 Å². The van der Waals surface area contributed by atoms with Gasteiger partial charge in [-0.1, -0.05) is 23.7 Å². The molecule has 4 rings (SSSR count). The van der Waals surface area contributed by atoms with Crippen LogP contribution in [-0.4, -0.2) is 22.0 Å². The van der Waals surface area contributed by atoms with Crippen LogP contribution >= 0.6 is 11.6 Å². The number of nitrogens with zero attached hydrogens (tertiary/aromatic N) is 1. The number of amides is 1. The predicted molar refractivity (Wildman–Crippen MR) is 125 cm³/mol. The molecule has 0 radical (unpaired) electrons. The van der Waals surface area contributed by atoms with Gasteiger partial charge >= 0.3 is 6.18 Å². The Labute approximate surface area is 212 Å². The Balaban J connectivity index is 1.40. The van der Waals surface area contributed by atoms with Crippen LogP contribution in [0, 0.1) is 24.5 Å². The first kappa shape index (κ1) is 26.7. The quantitative estimate of drug-likeness (QED) is 0.397. The molecular weight excluding hydrogens is 521 g/mol. The highest BCUT2D eigenvalue weighted by Gasteiger charge is 2.38. The summed E-state index contributed by atoms with van der Waals surface area (Å²) in [4.78, 5) is 30.3. The fourth-order valence-electron chi connectivity index (χ4n) is 4.01. The zero-order chi connectivity index (χ0) is 26.9. The van der Waals surface area contributed by atoms with E-state index < -0.39 is 52.1 Å². The van der Waals surface area contributed by atoms with Crippen LogP contribution < -0.4 is 10.9 Å². The number of aromatic nitrogens is 2. The number of hydrogen-bond acceptors (Lipinski definition) is 4. The molecule has 1 fully saturated rings. The molecule has 0 atom stereocenters. The largest absolute Gasteiger partial charge is 0.417 e. The molecule has 1 aliphatic rings. The summed E-state index contributed by atoms with van der Waals surface area (Å²) in [7, 11) is 0. The standard InChI is InChI=1S/C25H21ClF5N3O3/c1-12-6-20(35)34-23(33-12)21-18(25(29,30)31)5-3-13(22(21)28)10-32-24(36)15-7-17(8-15)37-11-14-2-4-16(26)9-19(14)27/h2-6,9,15,17H,7-8,10-11H2,1H3,(H,32,36)(H,33,34,35)/t15-,17-. The maximum atomic E-state index is 15.3. The number of H-pyrrole nitrogens is 1. The minimum atomic E-state index is -4.91. The van der Waals surface area contributed by atoms with Crippen LogP contribution in [0.3, 0.4) is 0 Å². The summed E-state index contributed by atoms with van der Waals surface area (Å²) in [6.07, 6.45) is -4.47. The van der Waals surface area contributed by atoms with E-state index in [-0.39, 0.29) is 35.5 Å². The van der Waals surface area contributed by atoms with Crippen LogP contribution in [0.15, 0.2) is 41.2 Å². The van der Waals surface area contributed by atoms with Gasteiger partial charge in [-0.15, -0.1) is 0 Å². The third-order valence-corrected chi connectivity index (χ3v) is 6.28. The second-order valence-electron chi connectivity index (χ2n) is 8.75. The molecule has 12 heteroatoms. The number of ether oxygens (including phenoxy) is 1. The molecule has 0 spiro atoms. The van der Waals surface area contributed by atoms with Gasteiger partial charge in [0, 0.05) is 40.4 Å². The van der Waals surface area contributed by atoms with Gasteiger partial charge in [-0.2, -0.15) is 13.2 Å². The summed E-state index contributed by atoms with van der Waals surface area (Å²) < 4.78 is 75.4. The molecule has 2 aromatic carbocycles. The average molecular weight is 542 g/mol. The van der Waals surface area contributed by atoms with Gasteiger partial charge in [-0.25, -0.2) is 13.8 Å². The Kier molecular flexibility index (Phi) is 7.65. The van der Waals surface area contributed by atoms with Gasteiger partial charge in [0.1, 0.15) is 17.5 Å². The minimum absolute atomic E-state index is 0.0106. The molecule has 0 unspecified atom stereocenters. The van der Waals surface area contributed by atoms with E-state index in [2.05, 4.69) is 15.3 Å². The van der Waals surface area contributed by atoms with Gasteiger partial charge in [0.2, 0.25) is 5.91 Å². The summed E-state index contributed by atoms with van der Waals surface area (Å²) in [5.41, 5.74) is -2.68. The highest BCUT2D eigenvalue weighted by molar-refractivity contribution is 6.30. The molecule has 1 aromatic heterocycles. The molecule has 37 heavy (non-hydrogen) atoms. The molecule has 0 aliphatic heterocycles. The number of aryl methyl sites for hydroxylation is 1. The maximum Gasteiger partial charge on any atom is 0.417 e. The van der Waals surface area contributed by atoms with E-state index in [1.807, 2.05) is 0 Å². The number of hydrogen-bond donors (Lipinski definition) is 2. The van der Waals surface area contributed by atoms with Crippen LogP contribution in [0.25, 0.3) is 11.4 Å². The molecule has 2 N–H and O–H groups in total. The van der Waals surface area contributed by atoms with Crippen molar-refractivity contribution in [2.24, 2.45) is 5.92 Å². The molecule has 6 nitrogen and oxygen atoms in total. The monoisotopic (exact) mass is 541 g/mol. The van der Waals surface area contributed by atoms with Crippen molar-refractivity contribution < 1.29 is 31.5 Å². The first-order chi connectivity index (χ1) is 17.4.